The van der Waals surface area contributed by atoms with Crippen LogP contribution in [0.4, 0.5) is 5.69 Å². The molecule has 6 heteroatoms. The van der Waals surface area contributed by atoms with Crippen molar-refractivity contribution >= 4 is 38.9 Å². The molecule has 1 heterocycles. The number of hydrogen-bond acceptors (Lipinski definition) is 4. The second kappa shape index (κ2) is 7.25. The average molecular weight is 422 g/mol. The normalized spacial score (nSPS) is 11.3. The highest BCUT2D eigenvalue weighted by Crippen LogP contribution is 2.33. The number of H-pyrrole nitrogens is 1. The summed E-state index contributed by atoms with van der Waals surface area (Å²) in [7, 11) is 1.51. The van der Waals surface area contributed by atoms with Crippen LogP contribution in [0.2, 0.25) is 0 Å². The van der Waals surface area contributed by atoms with E-state index in [2.05, 4.69) is 30.9 Å². The molecule has 27 heavy (non-hydrogen) atoms. The first-order chi connectivity index (χ1) is 13.1. The molecule has 4 aromatic rings. The number of imidazole rings is 1. The van der Waals surface area contributed by atoms with E-state index in [0.29, 0.717) is 11.3 Å². The predicted octanol–water partition coefficient (Wildman–Crippen LogP) is 5.46. The molecule has 0 atom stereocenters. The Balaban J connectivity index is 1.59. The zero-order valence-electron chi connectivity index (χ0n) is 14.5. The van der Waals surface area contributed by atoms with Gasteiger partial charge < -0.3 is 14.8 Å². The van der Waals surface area contributed by atoms with Crippen LogP contribution in [-0.2, 0) is 0 Å². The number of halogens is 1. The number of para-hydroxylation sites is 2. The number of aromatic amines is 1. The lowest BCUT2D eigenvalue weighted by atomic mass is 10.2. The van der Waals surface area contributed by atoms with E-state index < -0.39 is 0 Å². The first-order valence-corrected chi connectivity index (χ1v) is 9.09. The fourth-order valence-corrected chi connectivity index (χ4v) is 3.24. The Morgan fingerprint density at radius 2 is 1.89 bits per heavy atom. The molecular weight excluding hydrogens is 406 g/mol. The number of rotatable bonds is 4. The summed E-state index contributed by atoms with van der Waals surface area (Å²) in [6, 6.07) is 19.2. The topological polar surface area (TPSA) is 70.5 Å². The number of methoxy groups -OCH3 is 1. The van der Waals surface area contributed by atoms with E-state index in [-0.39, 0.29) is 5.75 Å². The summed E-state index contributed by atoms with van der Waals surface area (Å²) < 4.78 is 5.96. The molecule has 0 aliphatic heterocycles. The molecule has 0 amide bonds. The average Bonchev–Trinajstić information content (AvgIpc) is 3.13. The van der Waals surface area contributed by atoms with Crippen molar-refractivity contribution in [1.82, 2.24) is 9.97 Å². The van der Waals surface area contributed by atoms with Crippen LogP contribution >= 0.6 is 15.9 Å². The van der Waals surface area contributed by atoms with Crippen molar-refractivity contribution in [2.75, 3.05) is 7.11 Å². The minimum atomic E-state index is 0.0587. The molecule has 0 spiro atoms. The fraction of sp³-hybridized carbons (Fsp3) is 0.0476. The molecule has 0 saturated heterocycles. The highest BCUT2D eigenvalue weighted by molar-refractivity contribution is 9.10. The van der Waals surface area contributed by atoms with Crippen LogP contribution in [0, 0.1) is 0 Å². The van der Waals surface area contributed by atoms with Gasteiger partial charge in [0.05, 0.1) is 23.8 Å². The number of nitrogens with one attached hydrogen (secondary N) is 1. The summed E-state index contributed by atoms with van der Waals surface area (Å²) in [4.78, 5) is 12.4. The number of benzene rings is 3. The first kappa shape index (κ1) is 17.3. The van der Waals surface area contributed by atoms with Gasteiger partial charge in [0.2, 0.25) is 0 Å². The fourth-order valence-electron chi connectivity index (χ4n) is 2.79. The van der Waals surface area contributed by atoms with Crippen molar-refractivity contribution in [3.05, 3.63) is 70.7 Å². The predicted molar refractivity (Wildman–Crippen MR) is 111 cm³/mol. The van der Waals surface area contributed by atoms with E-state index in [1.54, 1.807) is 18.3 Å². The van der Waals surface area contributed by atoms with Crippen molar-refractivity contribution in [2.24, 2.45) is 4.99 Å². The van der Waals surface area contributed by atoms with E-state index in [0.717, 1.165) is 32.6 Å². The Labute approximate surface area is 164 Å². The van der Waals surface area contributed by atoms with Gasteiger partial charge in [0.1, 0.15) is 5.82 Å². The van der Waals surface area contributed by atoms with E-state index >= 15 is 0 Å². The summed E-state index contributed by atoms with van der Waals surface area (Å²) in [5.41, 5.74) is 4.27. The third-order valence-electron chi connectivity index (χ3n) is 4.17. The second-order valence-electron chi connectivity index (χ2n) is 5.95. The van der Waals surface area contributed by atoms with Gasteiger partial charge in [0.15, 0.2) is 11.5 Å². The zero-order chi connectivity index (χ0) is 18.8. The molecule has 0 fully saturated rings. The van der Waals surface area contributed by atoms with Crippen LogP contribution in [0.25, 0.3) is 22.4 Å². The van der Waals surface area contributed by atoms with Crippen LogP contribution < -0.4 is 4.74 Å². The molecule has 3 aromatic carbocycles. The molecular formula is C21H16BrN3O2. The van der Waals surface area contributed by atoms with Crippen molar-refractivity contribution < 1.29 is 9.84 Å². The molecule has 0 unspecified atom stereocenters. The van der Waals surface area contributed by atoms with Gasteiger partial charge in [-0.3, -0.25) is 4.99 Å². The number of aliphatic imine (C=N–C) groups is 1. The minimum Gasteiger partial charge on any atom is -0.504 e. The van der Waals surface area contributed by atoms with Crippen molar-refractivity contribution in [2.45, 2.75) is 0 Å². The van der Waals surface area contributed by atoms with Gasteiger partial charge in [0.25, 0.3) is 0 Å². The lowest BCUT2D eigenvalue weighted by Crippen LogP contribution is -1.89. The first-order valence-electron chi connectivity index (χ1n) is 8.30. The van der Waals surface area contributed by atoms with Crippen LogP contribution in [0.1, 0.15) is 5.56 Å². The van der Waals surface area contributed by atoms with Gasteiger partial charge >= 0.3 is 0 Å². The Hall–Kier alpha value is -3.12. The van der Waals surface area contributed by atoms with Gasteiger partial charge in [-0.2, -0.15) is 0 Å². The van der Waals surface area contributed by atoms with Gasteiger partial charge in [-0.05, 0) is 48.5 Å². The number of hydrogen-bond donors (Lipinski definition) is 2. The zero-order valence-corrected chi connectivity index (χ0v) is 16.1. The second-order valence-corrected chi connectivity index (χ2v) is 6.87. The Kier molecular flexibility index (Phi) is 4.64. The van der Waals surface area contributed by atoms with E-state index in [4.69, 9.17) is 4.74 Å². The summed E-state index contributed by atoms with van der Waals surface area (Å²) in [6.45, 7) is 0. The summed E-state index contributed by atoms with van der Waals surface area (Å²) >= 11 is 3.40. The molecule has 5 nitrogen and oxygen atoms in total. The number of aromatic hydroxyl groups is 1. The quantitative estimate of drug-likeness (QED) is 0.429. The number of fused-ring (bicyclic) bond motifs is 1. The Morgan fingerprint density at radius 1 is 1.11 bits per heavy atom. The molecule has 0 bridgehead atoms. The minimum absolute atomic E-state index is 0.0587. The number of phenols is 1. The number of nitrogens with zero attached hydrogens (tertiary/aromatic N) is 2. The maximum atomic E-state index is 10.2. The number of aromatic nitrogens is 2. The molecule has 0 aliphatic carbocycles. The van der Waals surface area contributed by atoms with Crippen LogP contribution in [0.3, 0.4) is 0 Å². The lowest BCUT2D eigenvalue weighted by Gasteiger charge is -2.06. The van der Waals surface area contributed by atoms with Gasteiger partial charge in [-0.25, -0.2) is 4.98 Å². The van der Waals surface area contributed by atoms with Gasteiger partial charge in [-0.15, -0.1) is 0 Å². The number of phenolic OH excluding ortho intramolecular Hbond substituents is 1. The van der Waals surface area contributed by atoms with Crippen LogP contribution in [-0.4, -0.2) is 28.4 Å². The van der Waals surface area contributed by atoms with Crippen molar-refractivity contribution in [1.29, 1.82) is 0 Å². The van der Waals surface area contributed by atoms with E-state index in [9.17, 15) is 5.11 Å². The summed E-state index contributed by atoms with van der Waals surface area (Å²) in [5, 5.41) is 10.2. The highest BCUT2D eigenvalue weighted by Gasteiger charge is 2.08. The largest absolute Gasteiger partial charge is 0.504 e. The summed E-state index contributed by atoms with van der Waals surface area (Å²) in [5.74, 6) is 1.27. The Bertz CT molecular complexity index is 1100. The monoisotopic (exact) mass is 421 g/mol. The molecule has 1 aromatic heterocycles. The third kappa shape index (κ3) is 3.57. The highest BCUT2D eigenvalue weighted by atomic mass is 79.9. The smallest absolute Gasteiger partial charge is 0.166 e. The van der Waals surface area contributed by atoms with Crippen molar-refractivity contribution in [3.63, 3.8) is 0 Å². The van der Waals surface area contributed by atoms with Gasteiger partial charge in [0, 0.05) is 21.8 Å². The lowest BCUT2D eigenvalue weighted by molar-refractivity contribution is 0.373. The molecule has 4 rings (SSSR count). The molecule has 0 aliphatic rings. The Morgan fingerprint density at radius 3 is 2.63 bits per heavy atom. The van der Waals surface area contributed by atoms with Crippen molar-refractivity contribution in [3.8, 4) is 22.9 Å². The third-order valence-corrected chi connectivity index (χ3v) is 4.63. The molecule has 0 saturated carbocycles. The van der Waals surface area contributed by atoms with Crippen LogP contribution in [0.5, 0.6) is 11.5 Å². The molecule has 2 N–H and O–H groups in total. The SMILES string of the molecule is COc1cc(Br)cc(C=Nc2ccc(-c3nc4ccccc4[nH]3)cc2)c1O. The summed E-state index contributed by atoms with van der Waals surface area (Å²) in [6.07, 6.45) is 1.61. The van der Waals surface area contributed by atoms with Crippen LogP contribution in [0.15, 0.2) is 70.1 Å². The van der Waals surface area contributed by atoms with Gasteiger partial charge in [-0.1, -0.05) is 28.1 Å². The maximum absolute atomic E-state index is 10.2. The molecule has 0 radical (unpaired) electrons. The van der Waals surface area contributed by atoms with E-state index in [1.165, 1.54) is 7.11 Å². The molecule has 134 valence electrons. The van der Waals surface area contributed by atoms with E-state index in [1.807, 2.05) is 48.5 Å². The maximum Gasteiger partial charge on any atom is 0.166 e. The number of ether oxygens (including phenoxy) is 1. The standard InChI is InChI=1S/C21H16BrN3O2/c1-27-19-11-15(22)10-14(20(19)26)12-23-16-8-6-13(7-9-16)21-24-17-4-2-3-5-18(17)25-21/h2-12,26H,1H3,(H,24,25).